The number of hydrogen-bond acceptors (Lipinski definition) is 4. The summed E-state index contributed by atoms with van der Waals surface area (Å²) >= 11 is 12.7. The van der Waals surface area contributed by atoms with Gasteiger partial charge in [0.2, 0.25) is 0 Å². The number of nitrogens with zero attached hydrogens (tertiary/aromatic N) is 5. The molecule has 0 spiro atoms. The average molecular weight is 558 g/mol. The van der Waals surface area contributed by atoms with E-state index in [9.17, 15) is 14.0 Å². The highest BCUT2D eigenvalue weighted by Crippen LogP contribution is 2.41. The summed E-state index contributed by atoms with van der Waals surface area (Å²) in [5.74, 6) is 0.391. The molecule has 0 N–H and O–H groups in total. The monoisotopic (exact) mass is 557 g/mol. The van der Waals surface area contributed by atoms with Crippen molar-refractivity contribution in [2.75, 3.05) is 42.5 Å². The van der Waals surface area contributed by atoms with Gasteiger partial charge in [0.1, 0.15) is 17.7 Å². The van der Waals surface area contributed by atoms with Gasteiger partial charge in [-0.2, -0.15) is 0 Å². The number of amides is 1. The van der Waals surface area contributed by atoms with Crippen LogP contribution in [0.3, 0.4) is 0 Å². The molecule has 1 atom stereocenters. The van der Waals surface area contributed by atoms with Gasteiger partial charge in [-0.15, -0.1) is 0 Å². The summed E-state index contributed by atoms with van der Waals surface area (Å²) in [6, 6.07) is 12.9. The van der Waals surface area contributed by atoms with Crippen LogP contribution in [0.5, 0.6) is 0 Å². The van der Waals surface area contributed by atoms with Crippen LogP contribution in [-0.4, -0.2) is 52.9 Å². The number of fused-ring (bicyclic) bond motifs is 1. The van der Waals surface area contributed by atoms with Crippen molar-refractivity contribution in [1.82, 2.24) is 14.3 Å². The number of piperazine rings is 1. The number of carbonyl (C=O) groups is 1. The van der Waals surface area contributed by atoms with E-state index in [-0.39, 0.29) is 17.3 Å². The Morgan fingerprint density at radius 1 is 0.947 bits per heavy atom. The lowest BCUT2D eigenvalue weighted by molar-refractivity contribution is -0.128. The van der Waals surface area contributed by atoms with Gasteiger partial charge in [0.25, 0.3) is 11.5 Å². The largest absolute Gasteiger partial charge is 0.368 e. The molecule has 2 aromatic carbocycles. The Balaban J connectivity index is 1.55. The smallest absolute Gasteiger partial charge is 0.268 e. The molecule has 10 heteroatoms. The van der Waals surface area contributed by atoms with Crippen molar-refractivity contribution in [2.45, 2.75) is 33.4 Å². The summed E-state index contributed by atoms with van der Waals surface area (Å²) in [7, 11) is 0. The molecule has 1 saturated heterocycles. The van der Waals surface area contributed by atoms with Crippen LogP contribution in [0, 0.1) is 5.82 Å². The van der Waals surface area contributed by atoms with Gasteiger partial charge in [-0.1, -0.05) is 29.3 Å². The molecule has 200 valence electrons. The fourth-order valence-electron chi connectivity index (χ4n) is 5.55. The van der Waals surface area contributed by atoms with E-state index in [4.69, 9.17) is 23.2 Å². The number of benzene rings is 2. The quantitative estimate of drug-likeness (QED) is 0.434. The summed E-state index contributed by atoms with van der Waals surface area (Å²) in [6.45, 7) is 9.21. The normalized spacial score (nSPS) is 17.7. The SMILES string of the molecule is CCN1C(C)=C(C(=O)N2CCN(c3ccc(F)cc3)CC2)C(c2ccc(Cl)c(Cl)c2)n2c1cc(=O)n2CC. The van der Waals surface area contributed by atoms with E-state index >= 15 is 0 Å². The Labute approximate surface area is 231 Å². The van der Waals surface area contributed by atoms with E-state index in [0.29, 0.717) is 54.9 Å². The van der Waals surface area contributed by atoms with E-state index in [0.717, 1.165) is 22.8 Å². The van der Waals surface area contributed by atoms with Crippen molar-refractivity contribution in [3.05, 3.63) is 91.6 Å². The number of anilines is 2. The molecule has 1 aromatic heterocycles. The highest BCUT2D eigenvalue weighted by Gasteiger charge is 2.39. The van der Waals surface area contributed by atoms with Crippen LogP contribution < -0.4 is 15.4 Å². The zero-order valence-electron chi connectivity index (χ0n) is 21.6. The lowest BCUT2D eigenvalue weighted by Crippen LogP contribution is -2.51. The molecular formula is C28H30Cl2FN5O2. The van der Waals surface area contributed by atoms with Gasteiger partial charge >= 0.3 is 0 Å². The predicted octanol–water partition coefficient (Wildman–Crippen LogP) is 5.17. The maximum Gasteiger partial charge on any atom is 0.268 e. The van der Waals surface area contributed by atoms with Crippen LogP contribution >= 0.6 is 23.2 Å². The van der Waals surface area contributed by atoms with Crippen LogP contribution in [0.1, 0.15) is 32.4 Å². The molecule has 2 aliphatic rings. The van der Waals surface area contributed by atoms with Gasteiger partial charge in [0, 0.05) is 56.7 Å². The third-order valence-electron chi connectivity index (χ3n) is 7.46. The Morgan fingerprint density at radius 2 is 1.63 bits per heavy atom. The first-order chi connectivity index (χ1) is 18.2. The van der Waals surface area contributed by atoms with Gasteiger partial charge in [-0.25, -0.2) is 9.07 Å². The molecule has 3 aromatic rings. The van der Waals surface area contributed by atoms with Crippen LogP contribution in [-0.2, 0) is 11.3 Å². The first-order valence-electron chi connectivity index (χ1n) is 12.8. The minimum Gasteiger partial charge on any atom is -0.368 e. The second-order valence-corrected chi connectivity index (χ2v) is 10.3. The molecule has 38 heavy (non-hydrogen) atoms. The summed E-state index contributed by atoms with van der Waals surface area (Å²) in [4.78, 5) is 33.3. The first-order valence-corrected chi connectivity index (χ1v) is 13.6. The maximum absolute atomic E-state index is 14.3. The van der Waals surface area contributed by atoms with E-state index in [1.807, 2.05) is 41.3 Å². The molecule has 0 bridgehead atoms. The molecular weight excluding hydrogens is 528 g/mol. The maximum atomic E-state index is 14.3. The van der Waals surface area contributed by atoms with Crippen molar-refractivity contribution >= 4 is 40.6 Å². The third kappa shape index (κ3) is 4.50. The number of carbonyl (C=O) groups excluding carboxylic acids is 1. The number of allylic oxidation sites excluding steroid dienone is 1. The van der Waals surface area contributed by atoms with Crippen molar-refractivity contribution in [2.24, 2.45) is 0 Å². The molecule has 7 nitrogen and oxygen atoms in total. The summed E-state index contributed by atoms with van der Waals surface area (Å²) < 4.78 is 17.0. The van der Waals surface area contributed by atoms with Gasteiger partial charge in [0.05, 0.1) is 15.6 Å². The summed E-state index contributed by atoms with van der Waals surface area (Å²) in [5.41, 5.74) is 3.00. The van der Waals surface area contributed by atoms with Crippen molar-refractivity contribution in [3.63, 3.8) is 0 Å². The van der Waals surface area contributed by atoms with E-state index in [2.05, 4.69) is 4.90 Å². The lowest BCUT2D eigenvalue weighted by Gasteiger charge is -2.41. The number of hydrogen-bond donors (Lipinski definition) is 0. The molecule has 0 radical (unpaired) electrons. The van der Waals surface area contributed by atoms with Gasteiger partial charge in [0.15, 0.2) is 0 Å². The fourth-order valence-corrected chi connectivity index (χ4v) is 5.86. The molecule has 3 heterocycles. The minimum atomic E-state index is -0.548. The van der Waals surface area contributed by atoms with Crippen LogP contribution in [0.4, 0.5) is 15.9 Å². The number of rotatable bonds is 5. The van der Waals surface area contributed by atoms with Crippen LogP contribution in [0.25, 0.3) is 0 Å². The highest BCUT2D eigenvalue weighted by atomic mass is 35.5. The zero-order chi connectivity index (χ0) is 27.1. The van der Waals surface area contributed by atoms with E-state index in [1.165, 1.54) is 12.1 Å². The molecule has 0 aliphatic carbocycles. The fraction of sp³-hybridized carbons (Fsp3) is 0.357. The van der Waals surface area contributed by atoms with Crippen LogP contribution in [0.2, 0.25) is 10.0 Å². The van der Waals surface area contributed by atoms with Crippen LogP contribution in [0.15, 0.2) is 64.6 Å². The first kappa shape index (κ1) is 26.4. The van der Waals surface area contributed by atoms with Gasteiger partial charge in [-0.3, -0.25) is 14.3 Å². The average Bonchev–Trinajstić information content (AvgIpc) is 3.25. The Kier molecular flexibility index (Phi) is 7.29. The lowest BCUT2D eigenvalue weighted by atomic mass is 9.93. The highest BCUT2D eigenvalue weighted by molar-refractivity contribution is 6.42. The standard InChI is InChI=1S/C28H30Cl2FN5O2/c1-4-34-18(3)26(28(38)33-14-12-32(13-15-33)21-9-7-20(31)8-10-21)27(19-6-11-22(29)23(30)16-19)36-24(34)17-25(37)35(36)5-2/h6-11,16-17,27H,4-5,12-15H2,1-3H3. The molecule has 1 unspecified atom stereocenters. The molecule has 5 rings (SSSR count). The topological polar surface area (TPSA) is 53.7 Å². The molecule has 1 fully saturated rings. The van der Waals surface area contributed by atoms with Crippen molar-refractivity contribution in [1.29, 1.82) is 0 Å². The zero-order valence-corrected chi connectivity index (χ0v) is 23.1. The third-order valence-corrected chi connectivity index (χ3v) is 8.19. The Bertz CT molecular complexity index is 1450. The second-order valence-electron chi connectivity index (χ2n) is 9.48. The minimum absolute atomic E-state index is 0.0785. The molecule has 0 saturated carbocycles. The predicted molar refractivity (Wildman–Crippen MR) is 150 cm³/mol. The van der Waals surface area contributed by atoms with Gasteiger partial charge < -0.3 is 14.7 Å². The van der Waals surface area contributed by atoms with Crippen molar-refractivity contribution in [3.8, 4) is 0 Å². The summed E-state index contributed by atoms with van der Waals surface area (Å²) in [5, 5.41) is 0.811. The summed E-state index contributed by atoms with van der Waals surface area (Å²) in [6.07, 6.45) is 0. The van der Waals surface area contributed by atoms with Gasteiger partial charge in [-0.05, 0) is 62.7 Å². The Morgan fingerprint density at radius 3 is 2.24 bits per heavy atom. The number of aromatic nitrogens is 2. The Hall–Kier alpha value is -3.23. The number of halogens is 3. The molecule has 1 amide bonds. The second kappa shape index (κ2) is 10.5. The van der Waals surface area contributed by atoms with Crippen molar-refractivity contribution < 1.29 is 9.18 Å². The van der Waals surface area contributed by atoms with E-state index in [1.54, 1.807) is 35.0 Å². The molecule has 2 aliphatic heterocycles. The van der Waals surface area contributed by atoms with E-state index < -0.39 is 6.04 Å².